The van der Waals surface area contributed by atoms with Gasteiger partial charge in [-0.1, -0.05) is 13.8 Å². The average molecular weight is 249 g/mol. The van der Waals surface area contributed by atoms with Crippen LogP contribution in [-0.4, -0.2) is 20.8 Å². The minimum atomic E-state index is 0.415. The second-order valence-electron chi connectivity index (χ2n) is 5.28. The van der Waals surface area contributed by atoms with Gasteiger partial charge < -0.3 is 14.8 Å². The molecule has 3 nitrogen and oxygen atoms in total. The fourth-order valence-electron chi connectivity index (χ4n) is 2.68. The van der Waals surface area contributed by atoms with Crippen LogP contribution in [0, 0.1) is 5.92 Å². The summed E-state index contributed by atoms with van der Waals surface area (Å²) in [6.07, 6.45) is 2.17. The van der Waals surface area contributed by atoms with Gasteiger partial charge in [0.15, 0.2) is 0 Å². The molecule has 1 atom stereocenters. The Morgan fingerprint density at radius 2 is 2.06 bits per heavy atom. The lowest BCUT2D eigenvalue weighted by Gasteiger charge is -2.29. The first-order valence-electron chi connectivity index (χ1n) is 6.64. The van der Waals surface area contributed by atoms with Crippen LogP contribution in [-0.2, 0) is 6.42 Å². The molecule has 0 spiro atoms. The molecule has 1 unspecified atom stereocenters. The molecule has 0 saturated carbocycles. The molecule has 18 heavy (non-hydrogen) atoms. The molecule has 0 radical (unpaired) electrons. The van der Waals surface area contributed by atoms with E-state index in [-0.39, 0.29) is 0 Å². The highest BCUT2D eigenvalue weighted by Gasteiger charge is 2.24. The molecule has 0 saturated heterocycles. The van der Waals surface area contributed by atoms with Crippen molar-refractivity contribution >= 4 is 0 Å². The molecule has 0 amide bonds. The number of hydrogen-bond donors (Lipinski definition) is 1. The molecule has 1 aromatic carbocycles. The zero-order valence-corrected chi connectivity index (χ0v) is 11.7. The monoisotopic (exact) mass is 249 g/mol. The van der Waals surface area contributed by atoms with Gasteiger partial charge in [0.2, 0.25) is 0 Å². The average Bonchev–Trinajstić information content (AvgIpc) is 2.37. The van der Waals surface area contributed by atoms with Crippen molar-refractivity contribution in [1.82, 2.24) is 5.32 Å². The van der Waals surface area contributed by atoms with Crippen molar-refractivity contribution in [3.63, 3.8) is 0 Å². The Morgan fingerprint density at radius 3 is 2.67 bits per heavy atom. The number of hydrogen-bond acceptors (Lipinski definition) is 3. The standard InChI is InChI=1S/C15H23NO2/c1-10(2)7-14-13-8-11(17-3)9-15(18-4)12(13)5-6-16-14/h8-10,14,16H,5-7H2,1-4H3. The number of methoxy groups -OCH3 is 2. The maximum atomic E-state index is 5.50. The number of rotatable bonds is 4. The minimum absolute atomic E-state index is 0.415. The summed E-state index contributed by atoms with van der Waals surface area (Å²) < 4.78 is 10.9. The number of nitrogens with one attached hydrogen (secondary N) is 1. The molecule has 1 heterocycles. The Labute approximate surface area is 109 Å². The Morgan fingerprint density at radius 1 is 1.28 bits per heavy atom. The first-order valence-corrected chi connectivity index (χ1v) is 6.64. The van der Waals surface area contributed by atoms with Gasteiger partial charge in [0.25, 0.3) is 0 Å². The molecule has 2 rings (SSSR count). The smallest absolute Gasteiger partial charge is 0.126 e. The van der Waals surface area contributed by atoms with Crippen LogP contribution in [0.4, 0.5) is 0 Å². The van der Waals surface area contributed by atoms with Crippen molar-refractivity contribution < 1.29 is 9.47 Å². The zero-order chi connectivity index (χ0) is 13.1. The van der Waals surface area contributed by atoms with E-state index in [0.29, 0.717) is 12.0 Å². The van der Waals surface area contributed by atoms with Gasteiger partial charge >= 0.3 is 0 Å². The highest BCUT2D eigenvalue weighted by molar-refractivity contribution is 5.49. The fourth-order valence-corrected chi connectivity index (χ4v) is 2.68. The second kappa shape index (κ2) is 5.61. The summed E-state index contributed by atoms with van der Waals surface area (Å²) in [7, 11) is 3.43. The topological polar surface area (TPSA) is 30.5 Å². The van der Waals surface area contributed by atoms with Crippen LogP contribution in [0.1, 0.15) is 37.4 Å². The van der Waals surface area contributed by atoms with Gasteiger partial charge in [-0.15, -0.1) is 0 Å². The Balaban J connectivity index is 2.41. The van der Waals surface area contributed by atoms with E-state index in [9.17, 15) is 0 Å². The third-order valence-corrected chi connectivity index (χ3v) is 3.52. The van der Waals surface area contributed by atoms with Crippen LogP contribution >= 0.6 is 0 Å². The largest absolute Gasteiger partial charge is 0.497 e. The van der Waals surface area contributed by atoms with Crippen LogP contribution in [0.3, 0.4) is 0 Å². The van der Waals surface area contributed by atoms with Crippen LogP contribution in [0.15, 0.2) is 12.1 Å². The van der Waals surface area contributed by atoms with Crippen LogP contribution in [0.2, 0.25) is 0 Å². The van der Waals surface area contributed by atoms with E-state index in [1.54, 1.807) is 14.2 Å². The van der Waals surface area contributed by atoms with E-state index >= 15 is 0 Å². The molecule has 0 aliphatic carbocycles. The minimum Gasteiger partial charge on any atom is -0.497 e. The van der Waals surface area contributed by atoms with E-state index in [1.807, 2.05) is 6.07 Å². The maximum Gasteiger partial charge on any atom is 0.126 e. The van der Waals surface area contributed by atoms with Crippen molar-refractivity contribution in [1.29, 1.82) is 0 Å². The number of ether oxygens (including phenoxy) is 2. The van der Waals surface area contributed by atoms with Gasteiger partial charge in [0, 0.05) is 17.7 Å². The first-order chi connectivity index (χ1) is 8.65. The van der Waals surface area contributed by atoms with Gasteiger partial charge in [-0.2, -0.15) is 0 Å². The third-order valence-electron chi connectivity index (χ3n) is 3.52. The molecule has 0 bridgehead atoms. The fraction of sp³-hybridized carbons (Fsp3) is 0.600. The SMILES string of the molecule is COc1cc(OC)c2c(c1)C(CC(C)C)NCC2. The summed E-state index contributed by atoms with van der Waals surface area (Å²) in [4.78, 5) is 0. The molecular formula is C15H23NO2. The predicted octanol–water partition coefficient (Wildman–Crippen LogP) is 2.94. The highest BCUT2D eigenvalue weighted by Crippen LogP contribution is 2.36. The van der Waals surface area contributed by atoms with E-state index in [1.165, 1.54) is 11.1 Å². The summed E-state index contributed by atoms with van der Waals surface area (Å²) in [5.41, 5.74) is 2.67. The number of fused-ring (bicyclic) bond motifs is 1. The lowest BCUT2D eigenvalue weighted by atomic mass is 9.88. The van der Waals surface area contributed by atoms with E-state index in [0.717, 1.165) is 30.9 Å². The van der Waals surface area contributed by atoms with Crippen molar-refractivity contribution in [3.05, 3.63) is 23.3 Å². The molecule has 3 heteroatoms. The van der Waals surface area contributed by atoms with Gasteiger partial charge in [0.05, 0.1) is 14.2 Å². The molecule has 0 aromatic heterocycles. The summed E-state index contributed by atoms with van der Waals surface area (Å²) in [5, 5.41) is 3.60. The van der Waals surface area contributed by atoms with E-state index in [2.05, 4.69) is 25.2 Å². The summed E-state index contributed by atoms with van der Waals surface area (Å²) in [5.74, 6) is 2.51. The van der Waals surface area contributed by atoms with Crippen LogP contribution < -0.4 is 14.8 Å². The Hall–Kier alpha value is -1.22. The van der Waals surface area contributed by atoms with Crippen molar-refractivity contribution in [3.8, 4) is 11.5 Å². The molecule has 1 aliphatic rings. The van der Waals surface area contributed by atoms with Crippen LogP contribution in [0.25, 0.3) is 0 Å². The Kier molecular flexibility index (Phi) is 4.12. The summed E-state index contributed by atoms with van der Waals surface area (Å²) in [6.45, 7) is 5.54. The van der Waals surface area contributed by atoms with Gasteiger partial charge in [0.1, 0.15) is 11.5 Å². The molecule has 1 aliphatic heterocycles. The van der Waals surface area contributed by atoms with Crippen molar-refractivity contribution in [2.75, 3.05) is 20.8 Å². The maximum absolute atomic E-state index is 5.50. The molecule has 100 valence electrons. The van der Waals surface area contributed by atoms with Gasteiger partial charge in [-0.05, 0) is 36.9 Å². The second-order valence-corrected chi connectivity index (χ2v) is 5.28. The first kappa shape index (κ1) is 13.2. The summed E-state index contributed by atoms with van der Waals surface area (Å²) >= 11 is 0. The zero-order valence-electron chi connectivity index (χ0n) is 11.7. The van der Waals surface area contributed by atoms with Crippen LogP contribution in [0.5, 0.6) is 11.5 Å². The van der Waals surface area contributed by atoms with Gasteiger partial charge in [-0.25, -0.2) is 0 Å². The van der Waals surface area contributed by atoms with E-state index < -0.39 is 0 Å². The lowest BCUT2D eigenvalue weighted by Crippen LogP contribution is -2.31. The normalized spacial score (nSPS) is 18.6. The third kappa shape index (κ3) is 2.61. The molecule has 1 aromatic rings. The lowest BCUT2D eigenvalue weighted by molar-refractivity contribution is 0.371. The molecular weight excluding hydrogens is 226 g/mol. The van der Waals surface area contributed by atoms with Gasteiger partial charge in [-0.3, -0.25) is 0 Å². The van der Waals surface area contributed by atoms with E-state index in [4.69, 9.17) is 9.47 Å². The highest BCUT2D eigenvalue weighted by atomic mass is 16.5. The van der Waals surface area contributed by atoms with Crippen molar-refractivity contribution in [2.45, 2.75) is 32.7 Å². The van der Waals surface area contributed by atoms with Crippen molar-refractivity contribution in [2.24, 2.45) is 5.92 Å². The predicted molar refractivity (Wildman–Crippen MR) is 73.4 cm³/mol. The molecule has 1 N–H and O–H groups in total. The molecule has 0 fully saturated rings. The number of benzene rings is 1. The summed E-state index contributed by atoms with van der Waals surface area (Å²) in [6, 6.07) is 4.55. The Bertz CT molecular complexity index is 415. The quantitative estimate of drug-likeness (QED) is 0.890.